The van der Waals surface area contributed by atoms with Gasteiger partial charge >= 0.3 is 5.97 Å². The lowest BCUT2D eigenvalue weighted by Gasteiger charge is -2.37. The van der Waals surface area contributed by atoms with Crippen LogP contribution in [0.15, 0.2) is 76.5 Å². The number of carboxylic acids is 1. The molecule has 1 aliphatic rings. The predicted molar refractivity (Wildman–Crippen MR) is 205 cm³/mol. The summed E-state index contributed by atoms with van der Waals surface area (Å²) in [6.07, 6.45) is 7.77. The number of anilines is 2. The van der Waals surface area contributed by atoms with Gasteiger partial charge in [-0.25, -0.2) is 8.42 Å². The molecule has 4 rings (SSSR count). The number of ether oxygens (including phenoxy) is 1. The van der Waals surface area contributed by atoms with Crippen LogP contribution in [0.1, 0.15) is 90.2 Å². The van der Waals surface area contributed by atoms with Crippen molar-refractivity contribution >= 4 is 50.6 Å². The van der Waals surface area contributed by atoms with E-state index in [1.54, 1.807) is 0 Å². The third-order valence-corrected chi connectivity index (χ3v) is 12.4. The zero-order chi connectivity index (χ0) is 37.9. The summed E-state index contributed by atoms with van der Waals surface area (Å²) >= 11 is 1.37. The Bertz CT molecular complexity index is 1770. The Morgan fingerprint density at radius 3 is 2.19 bits per heavy atom. The highest BCUT2D eigenvalue weighted by molar-refractivity contribution is 7.98. The number of carbonyl (C=O) groups is 3. The van der Waals surface area contributed by atoms with E-state index in [0.29, 0.717) is 35.5 Å². The molecule has 0 saturated heterocycles. The Labute approximate surface area is 312 Å². The minimum atomic E-state index is -3.81. The Balaban J connectivity index is 1.68. The van der Waals surface area contributed by atoms with Crippen LogP contribution in [0.2, 0.25) is 0 Å². The van der Waals surface area contributed by atoms with Gasteiger partial charge in [0.2, 0.25) is 0 Å². The number of fused-ring (bicyclic) bond motifs is 1. The molecule has 1 heterocycles. The average Bonchev–Trinajstić information content (AvgIpc) is 3.22. The van der Waals surface area contributed by atoms with Gasteiger partial charge in [-0.1, -0.05) is 83.2 Å². The summed E-state index contributed by atoms with van der Waals surface area (Å²) in [7, 11) is -3.81. The lowest BCUT2D eigenvalue weighted by atomic mass is 9.79. The number of unbranched alkanes of at least 4 members (excludes halogenated alkanes) is 2. The summed E-state index contributed by atoms with van der Waals surface area (Å²) in [5, 5.41) is 22.2. The number of phenolic OH excluding ortho intramolecular Hbond substituents is 1. The number of carbonyl (C=O) groups excluding carboxylic acids is 2. The average molecular weight is 753 g/mol. The second kappa shape index (κ2) is 18.6. The maximum atomic E-state index is 14.4. The summed E-state index contributed by atoms with van der Waals surface area (Å²) < 4.78 is 34.9. The molecule has 12 heteroatoms. The van der Waals surface area contributed by atoms with E-state index in [9.17, 15) is 33.0 Å². The number of hydrogen-bond donors (Lipinski definition) is 3. The molecule has 0 aliphatic carbocycles. The van der Waals surface area contributed by atoms with Gasteiger partial charge in [-0.05, 0) is 61.4 Å². The molecular formula is C40H52N2O8S2. The van der Waals surface area contributed by atoms with Crippen LogP contribution in [0.4, 0.5) is 11.4 Å². The standard InChI is InChI=1S/C40H52N2O8S2/c1-5-8-20-40(21-9-6-2)26-42(30-14-11-10-12-15-30)32-23-35(51-4)34(24-36(32)52(48,49)27-40)50-25-37(45)41-38(28-16-18-31(43)19-17-28)33(44)22-29(13-7-3)39(46)47/h10-12,14-19,23-24,29,38,43H,5-9,13,20-22,25-27H2,1-4H3,(H,41,45)(H,46,47)/t29-,38-/m1/s1. The number of rotatable bonds is 19. The highest BCUT2D eigenvalue weighted by Gasteiger charge is 2.42. The number of aromatic hydroxyl groups is 1. The maximum Gasteiger partial charge on any atom is 0.306 e. The third kappa shape index (κ3) is 10.3. The fraction of sp³-hybridized carbons (Fsp3) is 0.475. The monoisotopic (exact) mass is 752 g/mol. The fourth-order valence-corrected chi connectivity index (χ4v) is 9.63. The molecule has 2 atom stereocenters. The molecule has 0 unspecified atom stereocenters. The third-order valence-electron chi connectivity index (χ3n) is 9.70. The molecule has 52 heavy (non-hydrogen) atoms. The highest BCUT2D eigenvalue weighted by Crippen LogP contribution is 2.47. The van der Waals surface area contributed by atoms with E-state index in [1.807, 2.05) is 49.6 Å². The van der Waals surface area contributed by atoms with E-state index < -0.39 is 51.5 Å². The van der Waals surface area contributed by atoms with Crippen molar-refractivity contribution in [3.05, 3.63) is 72.3 Å². The summed E-state index contributed by atoms with van der Waals surface area (Å²) in [5.74, 6) is -2.93. The van der Waals surface area contributed by atoms with Crippen molar-refractivity contribution in [2.24, 2.45) is 11.3 Å². The van der Waals surface area contributed by atoms with Crippen LogP contribution in [0.3, 0.4) is 0 Å². The number of para-hydroxylation sites is 1. The van der Waals surface area contributed by atoms with Crippen molar-refractivity contribution in [1.29, 1.82) is 0 Å². The molecule has 0 fully saturated rings. The van der Waals surface area contributed by atoms with Gasteiger partial charge < -0.3 is 25.2 Å². The summed E-state index contributed by atoms with van der Waals surface area (Å²) in [5.41, 5.74) is 1.38. The zero-order valence-electron chi connectivity index (χ0n) is 30.6. The van der Waals surface area contributed by atoms with Gasteiger partial charge in [-0.15, -0.1) is 11.8 Å². The first-order valence-corrected chi connectivity index (χ1v) is 21.0. The first-order valence-electron chi connectivity index (χ1n) is 18.1. The fourth-order valence-electron chi connectivity index (χ4n) is 6.96. The lowest BCUT2D eigenvalue weighted by Crippen LogP contribution is -2.38. The van der Waals surface area contributed by atoms with Crippen LogP contribution in [0.5, 0.6) is 11.5 Å². The first kappa shape index (κ1) is 40.7. The smallest absolute Gasteiger partial charge is 0.306 e. The van der Waals surface area contributed by atoms with Gasteiger partial charge in [0.1, 0.15) is 17.5 Å². The summed E-state index contributed by atoms with van der Waals surface area (Å²) in [6, 6.07) is 17.8. The predicted octanol–water partition coefficient (Wildman–Crippen LogP) is 8.10. The molecule has 3 aromatic carbocycles. The van der Waals surface area contributed by atoms with Crippen molar-refractivity contribution in [2.45, 2.75) is 94.4 Å². The molecule has 0 saturated carbocycles. The van der Waals surface area contributed by atoms with E-state index in [-0.39, 0.29) is 28.6 Å². The lowest BCUT2D eigenvalue weighted by molar-refractivity contribution is -0.144. The Morgan fingerprint density at radius 2 is 1.62 bits per heavy atom. The minimum Gasteiger partial charge on any atom is -0.508 e. The van der Waals surface area contributed by atoms with E-state index >= 15 is 0 Å². The molecule has 3 N–H and O–H groups in total. The van der Waals surface area contributed by atoms with Crippen molar-refractivity contribution in [3.63, 3.8) is 0 Å². The van der Waals surface area contributed by atoms with Crippen LogP contribution in [0, 0.1) is 11.3 Å². The Kier molecular flexibility index (Phi) is 14.6. The number of benzene rings is 3. The van der Waals surface area contributed by atoms with Crippen molar-refractivity contribution in [3.8, 4) is 11.5 Å². The van der Waals surface area contributed by atoms with Gasteiger partial charge in [-0.3, -0.25) is 14.4 Å². The van der Waals surface area contributed by atoms with Crippen molar-refractivity contribution in [2.75, 3.05) is 30.1 Å². The molecule has 3 aromatic rings. The van der Waals surface area contributed by atoms with Crippen LogP contribution < -0.4 is 15.0 Å². The van der Waals surface area contributed by atoms with E-state index in [0.717, 1.165) is 44.2 Å². The number of aliphatic carboxylic acids is 1. The maximum absolute atomic E-state index is 14.4. The molecule has 0 bridgehead atoms. The number of phenols is 1. The number of nitrogens with zero attached hydrogens (tertiary/aromatic N) is 1. The van der Waals surface area contributed by atoms with E-state index in [4.69, 9.17) is 4.74 Å². The second-order valence-corrected chi connectivity index (χ2v) is 16.5. The van der Waals surface area contributed by atoms with Crippen LogP contribution in [-0.2, 0) is 24.2 Å². The van der Waals surface area contributed by atoms with E-state index in [2.05, 4.69) is 24.1 Å². The van der Waals surface area contributed by atoms with Gasteiger partial charge in [-0.2, -0.15) is 0 Å². The van der Waals surface area contributed by atoms with Crippen LogP contribution in [0.25, 0.3) is 0 Å². The molecule has 0 spiro atoms. The quantitative estimate of drug-likeness (QED) is 0.103. The number of ketones is 1. The molecule has 0 radical (unpaired) electrons. The number of nitrogens with one attached hydrogen (secondary N) is 1. The molecule has 282 valence electrons. The molecule has 10 nitrogen and oxygen atoms in total. The number of hydrogen-bond acceptors (Lipinski definition) is 9. The van der Waals surface area contributed by atoms with Gasteiger partial charge in [0, 0.05) is 30.1 Å². The number of thioether (sulfide) groups is 1. The SMILES string of the molecule is CCCCC1(CCCC)CN(c2ccccc2)c2cc(SC)c(OCC(=O)N[C@@H](C(=O)C[C@@H](CCC)C(=O)O)c3ccc(O)cc3)cc2S(=O)(=O)C1. The Morgan fingerprint density at radius 1 is 0.962 bits per heavy atom. The minimum absolute atomic E-state index is 0.000659. The Hall–Kier alpha value is -4.03. The van der Waals surface area contributed by atoms with Gasteiger partial charge in [0.25, 0.3) is 5.91 Å². The van der Waals surface area contributed by atoms with Crippen LogP contribution >= 0.6 is 11.8 Å². The van der Waals surface area contributed by atoms with Gasteiger partial charge in [0.15, 0.2) is 22.2 Å². The zero-order valence-corrected chi connectivity index (χ0v) is 32.2. The highest BCUT2D eigenvalue weighted by atomic mass is 32.2. The molecule has 0 aromatic heterocycles. The summed E-state index contributed by atoms with van der Waals surface area (Å²) in [4.78, 5) is 41.6. The molecular weight excluding hydrogens is 701 g/mol. The van der Waals surface area contributed by atoms with Crippen molar-refractivity contribution < 1.29 is 37.8 Å². The number of Topliss-reactive ketones (excluding diaryl/α,β-unsaturated/α-hetero) is 1. The van der Waals surface area contributed by atoms with Crippen LogP contribution in [-0.4, -0.2) is 61.5 Å². The van der Waals surface area contributed by atoms with Gasteiger partial charge in [0.05, 0.1) is 27.1 Å². The second-order valence-electron chi connectivity index (χ2n) is 13.7. The normalized spacial score (nSPS) is 15.9. The summed E-state index contributed by atoms with van der Waals surface area (Å²) in [6.45, 7) is 6.10. The topological polar surface area (TPSA) is 150 Å². The van der Waals surface area contributed by atoms with E-state index in [1.165, 1.54) is 42.1 Å². The number of amides is 1. The number of sulfone groups is 1. The molecule has 1 aliphatic heterocycles. The first-order chi connectivity index (χ1) is 24.9. The molecule has 1 amide bonds. The number of carboxylic acid groups (broad SMARTS) is 1. The largest absolute Gasteiger partial charge is 0.508 e. The van der Waals surface area contributed by atoms with Crippen molar-refractivity contribution in [1.82, 2.24) is 5.32 Å².